The van der Waals surface area contributed by atoms with Crippen LogP contribution in [-0.4, -0.2) is 50.3 Å². The van der Waals surface area contributed by atoms with Crippen LogP contribution in [0, 0.1) is 30.9 Å². The van der Waals surface area contributed by atoms with Crippen molar-refractivity contribution in [1.29, 1.82) is 0 Å². The number of thiocarbonyl (C=S) groups is 1. The molecule has 8 nitrogen and oxygen atoms in total. The summed E-state index contributed by atoms with van der Waals surface area (Å²) in [6, 6.07) is 6.52. The zero-order valence-corrected chi connectivity index (χ0v) is 17.5. The van der Waals surface area contributed by atoms with E-state index in [9.17, 15) is 19.7 Å². The van der Waals surface area contributed by atoms with Gasteiger partial charge in [0, 0.05) is 37.6 Å². The fraction of sp³-hybridized carbons (Fsp3) is 0.250. The summed E-state index contributed by atoms with van der Waals surface area (Å²) in [4.78, 5) is 38.4. The van der Waals surface area contributed by atoms with E-state index in [1.807, 2.05) is 31.4 Å². The van der Waals surface area contributed by atoms with Crippen molar-refractivity contribution in [3.8, 4) is 5.69 Å². The number of hydrogen-bond donors (Lipinski definition) is 0. The number of aryl methyl sites for hydroxylation is 2. The van der Waals surface area contributed by atoms with E-state index >= 15 is 0 Å². The van der Waals surface area contributed by atoms with Gasteiger partial charge in [-0.1, -0.05) is 6.07 Å². The Balaban J connectivity index is 2.14. The monoisotopic (exact) mass is 412 g/mol. The second-order valence-electron chi connectivity index (χ2n) is 6.96. The van der Waals surface area contributed by atoms with E-state index < -0.39 is 16.7 Å². The molecule has 1 aliphatic heterocycles. The van der Waals surface area contributed by atoms with Gasteiger partial charge in [0.25, 0.3) is 17.5 Å². The molecule has 2 aromatic rings. The van der Waals surface area contributed by atoms with Crippen molar-refractivity contribution in [2.24, 2.45) is 0 Å². The predicted octanol–water partition coefficient (Wildman–Crippen LogP) is 2.91. The lowest BCUT2D eigenvalue weighted by atomic mass is 10.1. The normalized spacial score (nSPS) is 14.7. The molecule has 0 aliphatic carbocycles. The van der Waals surface area contributed by atoms with Gasteiger partial charge in [0.2, 0.25) is 0 Å². The Kier molecular flexibility index (Phi) is 5.10. The minimum atomic E-state index is -0.463. The molecule has 1 fully saturated rings. The standard InChI is InChI=1S/C20H20N4O4S/c1-11-6-7-15(24(27)28)10-17(11)23-12(2)8-14(13(23)3)9-16-18(25)21(4)20(29)22(5)19(16)26/h6-10H,1-5H3. The van der Waals surface area contributed by atoms with E-state index in [-0.39, 0.29) is 16.4 Å². The quantitative estimate of drug-likeness (QED) is 0.254. The Morgan fingerprint density at radius 2 is 1.62 bits per heavy atom. The summed E-state index contributed by atoms with van der Waals surface area (Å²) in [6.45, 7) is 5.58. The maximum atomic E-state index is 12.6. The van der Waals surface area contributed by atoms with Crippen molar-refractivity contribution < 1.29 is 14.5 Å². The summed E-state index contributed by atoms with van der Waals surface area (Å²) >= 11 is 5.11. The van der Waals surface area contributed by atoms with Crippen LogP contribution in [0.25, 0.3) is 11.8 Å². The van der Waals surface area contributed by atoms with Crippen LogP contribution in [-0.2, 0) is 9.59 Å². The number of likely N-dealkylation sites (N-methyl/N-ethyl adjacent to an activating group) is 2. The summed E-state index contributed by atoms with van der Waals surface area (Å²) in [5, 5.41) is 11.3. The van der Waals surface area contributed by atoms with E-state index in [1.54, 1.807) is 12.1 Å². The van der Waals surface area contributed by atoms with Crippen LogP contribution in [0.3, 0.4) is 0 Å². The topological polar surface area (TPSA) is 88.7 Å². The van der Waals surface area contributed by atoms with Crippen LogP contribution in [0.5, 0.6) is 0 Å². The van der Waals surface area contributed by atoms with Crippen molar-refractivity contribution in [1.82, 2.24) is 14.4 Å². The van der Waals surface area contributed by atoms with Crippen LogP contribution < -0.4 is 0 Å². The first-order chi connectivity index (χ1) is 13.5. The van der Waals surface area contributed by atoms with Crippen LogP contribution in [0.2, 0.25) is 0 Å². The number of nitro groups is 1. The molecule has 0 N–H and O–H groups in total. The average Bonchev–Trinajstić information content (AvgIpc) is 2.95. The van der Waals surface area contributed by atoms with Crippen molar-refractivity contribution in [2.75, 3.05) is 14.1 Å². The number of carbonyl (C=O) groups excluding carboxylic acids is 2. The third-order valence-corrected chi connectivity index (χ3v) is 5.61. The zero-order chi connectivity index (χ0) is 21.6. The number of amides is 2. The van der Waals surface area contributed by atoms with Crippen molar-refractivity contribution in [3.05, 3.63) is 62.5 Å². The molecule has 1 saturated heterocycles. The number of non-ortho nitro benzene ring substituents is 1. The largest absolute Gasteiger partial charge is 0.317 e. The first-order valence-corrected chi connectivity index (χ1v) is 9.21. The number of hydrogen-bond acceptors (Lipinski definition) is 5. The second kappa shape index (κ2) is 7.25. The molecular weight excluding hydrogens is 392 g/mol. The highest BCUT2D eigenvalue weighted by molar-refractivity contribution is 7.80. The van der Waals surface area contributed by atoms with Gasteiger partial charge in [-0.3, -0.25) is 29.5 Å². The number of carbonyl (C=O) groups is 2. The van der Waals surface area contributed by atoms with Crippen molar-refractivity contribution >= 4 is 40.9 Å². The van der Waals surface area contributed by atoms with Crippen LogP contribution in [0.1, 0.15) is 22.5 Å². The molecule has 1 aromatic carbocycles. The van der Waals surface area contributed by atoms with Crippen LogP contribution in [0.4, 0.5) is 5.69 Å². The molecule has 9 heteroatoms. The third kappa shape index (κ3) is 3.33. The average molecular weight is 412 g/mol. The molecule has 0 saturated carbocycles. The summed E-state index contributed by atoms with van der Waals surface area (Å²) < 4.78 is 1.88. The van der Waals surface area contributed by atoms with E-state index in [1.165, 1.54) is 36.0 Å². The van der Waals surface area contributed by atoms with Gasteiger partial charge in [0.15, 0.2) is 5.11 Å². The Labute approximate surface area is 173 Å². The van der Waals surface area contributed by atoms with E-state index in [0.717, 1.165) is 17.0 Å². The Morgan fingerprint density at radius 1 is 1.03 bits per heavy atom. The molecule has 0 bridgehead atoms. The summed E-state index contributed by atoms with van der Waals surface area (Å²) in [6.07, 6.45) is 1.55. The van der Waals surface area contributed by atoms with Gasteiger partial charge < -0.3 is 4.57 Å². The van der Waals surface area contributed by atoms with Crippen molar-refractivity contribution in [3.63, 3.8) is 0 Å². The first-order valence-electron chi connectivity index (χ1n) is 8.80. The smallest absolute Gasteiger partial charge is 0.271 e. The van der Waals surface area contributed by atoms with Gasteiger partial charge in [-0.05, 0) is 56.3 Å². The van der Waals surface area contributed by atoms with Crippen molar-refractivity contribution in [2.45, 2.75) is 20.8 Å². The minimum Gasteiger partial charge on any atom is -0.317 e. The lowest BCUT2D eigenvalue weighted by Gasteiger charge is -2.31. The molecule has 150 valence electrons. The predicted molar refractivity (Wildman–Crippen MR) is 113 cm³/mol. The first kappa shape index (κ1) is 20.4. The van der Waals surface area contributed by atoms with Gasteiger partial charge in [-0.15, -0.1) is 0 Å². The zero-order valence-electron chi connectivity index (χ0n) is 16.7. The number of benzene rings is 1. The van der Waals surface area contributed by atoms with Crippen LogP contribution in [0.15, 0.2) is 29.8 Å². The molecule has 3 rings (SSSR count). The fourth-order valence-electron chi connectivity index (χ4n) is 3.39. The maximum Gasteiger partial charge on any atom is 0.271 e. The molecular formula is C20H20N4O4S. The number of aromatic nitrogens is 1. The SMILES string of the molecule is Cc1ccc([N+](=O)[O-])cc1-n1c(C)cc(C=C2C(=O)N(C)C(=S)N(C)C2=O)c1C. The summed E-state index contributed by atoms with van der Waals surface area (Å²) in [7, 11) is 3.05. The Hall–Kier alpha value is -3.33. The summed E-state index contributed by atoms with van der Waals surface area (Å²) in [5.74, 6) is -0.927. The molecule has 29 heavy (non-hydrogen) atoms. The highest BCUT2D eigenvalue weighted by Gasteiger charge is 2.35. The Bertz CT molecular complexity index is 1090. The molecule has 0 spiro atoms. The second-order valence-corrected chi connectivity index (χ2v) is 7.32. The van der Waals surface area contributed by atoms with Gasteiger partial charge in [-0.25, -0.2) is 0 Å². The summed E-state index contributed by atoms with van der Waals surface area (Å²) in [5.41, 5.74) is 3.82. The highest BCUT2D eigenvalue weighted by atomic mass is 32.1. The molecule has 1 aliphatic rings. The maximum absolute atomic E-state index is 12.6. The van der Waals surface area contributed by atoms with Gasteiger partial charge in [0.05, 0.1) is 10.6 Å². The molecule has 0 unspecified atom stereocenters. The van der Waals surface area contributed by atoms with Gasteiger partial charge in [-0.2, -0.15) is 0 Å². The van der Waals surface area contributed by atoms with Crippen LogP contribution >= 0.6 is 12.2 Å². The van der Waals surface area contributed by atoms with E-state index in [2.05, 4.69) is 0 Å². The lowest BCUT2D eigenvalue weighted by Crippen LogP contribution is -2.52. The Morgan fingerprint density at radius 3 is 2.17 bits per heavy atom. The lowest BCUT2D eigenvalue weighted by molar-refractivity contribution is -0.384. The molecule has 0 atom stereocenters. The molecule has 2 heterocycles. The molecule has 2 amide bonds. The molecule has 1 aromatic heterocycles. The van der Waals surface area contributed by atoms with E-state index in [0.29, 0.717) is 11.3 Å². The van der Waals surface area contributed by atoms with E-state index in [4.69, 9.17) is 12.2 Å². The fourth-order valence-corrected chi connectivity index (χ4v) is 3.55. The number of nitrogens with zero attached hydrogens (tertiary/aromatic N) is 4. The molecule has 0 radical (unpaired) electrons. The number of rotatable bonds is 3. The minimum absolute atomic E-state index is 0.00703. The van der Waals surface area contributed by atoms with Gasteiger partial charge >= 0.3 is 0 Å². The third-order valence-electron chi connectivity index (χ3n) is 5.06. The highest BCUT2D eigenvalue weighted by Crippen LogP contribution is 2.28. The number of nitro benzene ring substituents is 1. The van der Waals surface area contributed by atoms with Gasteiger partial charge in [0.1, 0.15) is 5.57 Å².